The Hall–Kier alpha value is -1.31. The van der Waals surface area contributed by atoms with Crippen molar-refractivity contribution in [2.24, 2.45) is 4.99 Å². The van der Waals surface area contributed by atoms with Crippen LogP contribution in [-0.4, -0.2) is 12.4 Å². The van der Waals surface area contributed by atoms with Crippen LogP contribution in [0.15, 0.2) is 23.2 Å². The first-order valence-electron chi connectivity index (χ1n) is 5.54. The molecule has 1 aliphatic rings. The monoisotopic (exact) mass is 203 g/mol. The summed E-state index contributed by atoms with van der Waals surface area (Å²) in [5.74, 6) is 0.819. The molecule has 0 bridgehead atoms. The van der Waals surface area contributed by atoms with Gasteiger partial charge in [0.2, 0.25) is 5.90 Å². The minimum atomic E-state index is 0.149. The Morgan fingerprint density at radius 2 is 2.20 bits per heavy atom. The zero-order valence-electron chi connectivity index (χ0n) is 9.58. The Kier molecular flexibility index (Phi) is 2.76. The summed E-state index contributed by atoms with van der Waals surface area (Å²) in [5, 5.41) is 0. The number of benzene rings is 1. The van der Waals surface area contributed by atoms with Crippen molar-refractivity contribution in [1.29, 1.82) is 0 Å². The van der Waals surface area contributed by atoms with Crippen molar-refractivity contribution in [2.45, 2.75) is 33.3 Å². The van der Waals surface area contributed by atoms with Crippen molar-refractivity contribution in [3.63, 3.8) is 0 Å². The molecule has 0 amide bonds. The molecule has 0 spiro atoms. The van der Waals surface area contributed by atoms with Crippen LogP contribution in [0.3, 0.4) is 0 Å². The highest BCUT2D eigenvalue weighted by Gasteiger charge is 2.25. The zero-order valence-corrected chi connectivity index (χ0v) is 9.58. The fraction of sp³-hybridized carbons (Fsp3) is 0.462. The van der Waals surface area contributed by atoms with Crippen molar-refractivity contribution in [2.75, 3.05) is 6.54 Å². The molecular formula is C13H17NO. The van der Waals surface area contributed by atoms with Gasteiger partial charge in [-0.1, -0.05) is 24.6 Å². The Labute approximate surface area is 91.0 Å². The summed E-state index contributed by atoms with van der Waals surface area (Å²) < 4.78 is 5.74. The molecule has 1 aromatic rings. The standard InChI is InChI=1S/C13H17NO/c1-4-7-14-13-11-6-5-9(2)8-12(11)10(3)15-13/h5-6,8,10H,4,7H2,1-3H3. The molecule has 1 atom stereocenters. The minimum absolute atomic E-state index is 0.149. The van der Waals surface area contributed by atoms with Crippen LogP contribution in [0.4, 0.5) is 0 Å². The normalized spacial score (nSPS) is 21.5. The van der Waals surface area contributed by atoms with Gasteiger partial charge in [0.1, 0.15) is 6.10 Å². The molecule has 15 heavy (non-hydrogen) atoms. The van der Waals surface area contributed by atoms with E-state index in [4.69, 9.17) is 4.74 Å². The van der Waals surface area contributed by atoms with E-state index in [0.29, 0.717) is 0 Å². The van der Waals surface area contributed by atoms with Gasteiger partial charge in [-0.05, 0) is 26.3 Å². The number of aryl methyl sites for hydroxylation is 1. The van der Waals surface area contributed by atoms with Crippen LogP contribution in [0.1, 0.15) is 43.1 Å². The predicted octanol–water partition coefficient (Wildman–Crippen LogP) is 3.24. The lowest BCUT2D eigenvalue weighted by molar-refractivity contribution is 0.230. The molecule has 2 heteroatoms. The SMILES string of the molecule is CCCN=C1OC(C)c2cc(C)ccc21. The van der Waals surface area contributed by atoms with Gasteiger partial charge in [-0.3, -0.25) is 4.99 Å². The highest BCUT2D eigenvalue weighted by molar-refractivity contribution is 5.98. The highest BCUT2D eigenvalue weighted by Crippen LogP contribution is 2.31. The maximum atomic E-state index is 5.74. The van der Waals surface area contributed by atoms with E-state index in [2.05, 4.69) is 44.0 Å². The van der Waals surface area contributed by atoms with Gasteiger partial charge < -0.3 is 4.74 Å². The molecule has 2 nitrogen and oxygen atoms in total. The highest BCUT2D eigenvalue weighted by atomic mass is 16.5. The number of fused-ring (bicyclic) bond motifs is 1. The Morgan fingerprint density at radius 1 is 1.40 bits per heavy atom. The second-order valence-corrected chi connectivity index (χ2v) is 4.04. The van der Waals surface area contributed by atoms with E-state index in [9.17, 15) is 0 Å². The van der Waals surface area contributed by atoms with Crippen LogP contribution in [0, 0.1) is 6.92 Å². The molecule has 1 aliphatic heterocycles. The molecule has 0 saturated carbocycles. The van der Waals surface area contributed by atoms with Gasteiger partial charge in [0.05, 0.1) is 0 Å². The van der Waals surface area contributed by atoms with Crippen molar-refractivity contribution >= 4 is 5.90 Å². The van der Waals surface area contributed by atoms with Crippen LogP contribution < -0.4 is 0 Å². The molecule has 0 N–H and O–H groups in total. The molecule has 1 aromatic carbocycles. The first-order valence-corrected chi connectivity index (χ1v) is 5.54. The molecule has 80 valence electrons. The molecule has 0 saturated heterocycles. The zero-order chi connectivity index (χ0) is 10.8. The van der Waals surface area contributed by atoms with Crippen molar-refractivity contribution in [3.05, 3.63) is 34.9 Å². The first kappa shape index (κ1) is 10.2. The Morgan fingerprint density at radius 3 is 2.93 bits per heavy atom. The fourth-order valence-electron chi connectivity index (χ4n) is 1.84. The van der Waals surface area contributed by atoms with Crippen LogP contribution >= 0.6 is 0 Å². The second kappa shape index (κ2) is 4.05. The van der Waals surface area contributed by atoms with Gasteiger partial charge in [-0.2, -0.15) is 0 Å². The van der Waals surface area contributed by atoms with Gasteiger partial charge in [0.15, 0.2) is 0 Å². The van der Waals surface area contributed by atoms with Crippen molar-refractivity contribution in [1.82, 2.24) is 0 Å². The van der Waals surface area contributed by atoms with E-state index in [1.54, 1.807) is 0 Å². The summed E-state index contributed by atoms with van der Waals surface area (Å²) in [7, 11) is 0. The van der Waals surface area contributed by atoms with E-state index >= 15 is 0 Å². The Bertz CT molecular complexity index is 396. The third-order valence-electron chi connectivity index (χ3n) is 2.64. The molecular weight excluding hydrogens is 186 g/mol. The number of nitrogens with zero attached hydrogens (tertiary/aromatic N) is 1. The van der Waals surface area contributed by atoms with Gasteiger partial charge in [0.25, 0.3) is 0 Å². The van der Waals surface area contributed by atoms with Crippen molar-refractivity contribution in [3.8, 4) is 0 Å². The topological polar surface area (TPSA) is 21.6 Å². The molecule has 0 radical (unpaired) electrons. The summed E-state index contributed by atoms with van der Waals surface area (Å²) in [6.07, 6.45) is 1.21. The summed E-state index contributed by atoms with van der Waals surface area (Å²) in [6, 6.07) is 6.42. The molecule has 0 aromatic heterocycles. The molecule has 0 fully saturated rings. The molecule has 2 rings (SSSR count). The van der Waals surface area contributed by atoms with Gasteiger partial charge in [-0.15, -0.1) is 0 Å². The van der Waals surface area contributed by atoms with Crippen LogP contribution in [0.25, 0.3) is 0 Å². The third kappa shape index (κ3) is 1.89. The van der Waals surface area contributed by atoms with Crippen molar-refractivity contribution < 1.29 is 4.74 Å². The fourth-order valence-corrected chi connectivity index (χ4v) is 1.84. The summed E-state index contributed by atoms with van der Waals surface area (Å²) in [4.78, 5) is 4.46. The van der Waals surface area contributed by atoms with E-state index in [-0.39, 0.29) is 6.10 Å². The van der Waals surface area contributed by atoms with E-state index < -0.39 is 0 Å². The van der Waals surface area contributed by atoms with Crippen LogP contribution in [0.5, 0.6) is 0 Å². The number of aliphatic imine (C=N–C) groups is 1. The van der Waals surface area contributed by atoms with E-state index in [1.807, 2.05) is 0 Å². The maximum absolute atomic E-state index is 5.74. The number of hydrogen-bond donors (Lipinski definition) is 0. The summed E-state index contributed by atoms with van der Waals surface area (Å²) >= 11 is 0. The maximum Gasteiger partial charge on any atom is 0.217 e. The van der Waals surface area contributed by atoms with E-state index in [1.165, 1.54) is 16.7 Å². The Balaban J connectivity index is 2.38. The average molecular weight is 203 g/mol. The number of rotatable bonds is 2. The lowest BCUT2D eigenvalue weighted by Crippen LogP contribution is -1.99. The largest absolute Gasteiger partial charge is 0.470 e. The van der Waals surface area contributed by atoms with E-state index in [0.717, 1.165) is 18.9 Å². The average Bonchev–Trinajstić information content (AvgIpc) is 2.53. The summed E-state index contributed by atoms with van der Waals surface area (Å²) in [5.41, 5.74) is 3.72. The molecule has 0 aliphatic carbocycles. The van der Waals surface area contributed by atoms with Gasteiger partial charge in [-0.25, -0.2) is 0 Å². The lowest BCUT2D eigenvalue weighted by atomic mass is 10.0. The number of ether oxygens (including phenoxy) is 1. The third-order valence-corrected chi connectivity index (χ3v) is 2.64. The van der Waals surface area contributed by atoms with Crippen LogP contribution in [0.2, 0.25) is 0 Å². The minimum Gasteiger partial charge on any atom is -0.470 e. The predicted molar refractivity (Wildman–Crippen MR) is 62.4 cm³/mol. The summed E-state index contributed by atoms with van der Waals surface area (Å²) in [6.45, 7) is 7.15. The lowest BCUT2D eigenvalue weighted by Gasteiger charge is -2.03. The quantitative estimate of drug-likeness (QED) is 0.723. The van der Waals surface area contributed by atoms with Gasteiger partial charge in [0, 0.05) is 17.7 Å². The van der Waals surface area contributed by atoms with Crippen LogP contribution in [-0.2, 0) is 4.74 Å². The second-order valence-electron chi connectivity index (χ2n) is 4.04. The molecule has 1 heterocycles. The molecule has 1 unspecified atom stereocenters. The smallest absolute Gasteiger partial charge is 0.217 e. The number of hydrogen-bond acceptors (Lipinski definition) is 2. The first-order chi connectivity index (χ1) is 7.22. The van der Waals surface area contributed by atoms with Gasteiger partial charge >= 0.3 is 0 Å².